The molecule has 0 spiro atoms. The molecule has 1 aromatic carbocycles. The zero-order valence-corrected chi connectivity index (χ0v) is 18.2. The quantitative estimate of drug-likeness (QED) is 0.326. The fourth-order valence-corrected chi connectivity index (χ4v) is 4.31. The molecule has 2 atom stereocenters. The number of carboxylic acid groups (broad SMARTS) is 1. The predicted molar refractivity (Wildman–Crippen MR) is 116 cm³/mol. The van der Waals surface area contributed by atoms with Crippen LogP contribution in [-0.2, 0) is 24.0 Å². The first-order valence-electron chi connectivity index (χ1n) is 10.1. The molecule has 31 heavy (non-hydrogen) atoms. The SMILES string of the molecule is CC(=O)NC(CSC1CC(=O)N(CCCCCC(=O)Nc2ccccc2)C1=O)C(=O)O. The van der Waals surface area contributed by atoms with Crippen LogP contribution >= 0.6 is 11.8 Å². The van der Waals surface area contributed by atoms with Crippen molar-refractivity contribution in [1.29, 1.82) is 0 Å². The van der Waals surface area contributed by atoms with Crippen LogP contribution in [0.25, 0.3) is 0 Å². The maximum atomic E-state index is 12.5. The highest BCUT2D eigenvalue weighted by atomic mass is 32.2. The molecule has 9 nitrogen and oxygen atoms in total. The number of nitrogens with one attached hydrogen (secondary N) is 2. The van der Waals surface area contributed by atoms with Gasteiger partial charge in [0.25, 0.3) is 0 Å². The Kier molecular flexibility index (Phi) is 9.51. The summed E-state index contributed by atoms with van der Waals surface area (Å²) < 4.78 is 0. The van der Waals surface area contributed by atoms with Gasteiger partial charge < -0.3 is 15.7 Å². The first-order chi connectivity index (χ1) is 14.8. The van der Waals surface area contributed by atoms with Crippen LogP contribution < -0.4 is 10.6 Å². The molecule has 0 radical (unpaired) electrons. The van der Waals surface area contributed by atoms with Gasteiger partial charge in [-0.15, -0.1) is 11.8 Å². The maximum Gasteiger partial charge on any atom is 0.327 e. The van der Waals surface area contributed by atoms with Gasteiger partial charge in [-0.3, -0.25) is 24.1 Å². The van der Waals surface area contributed by atoms with Crippen LogP contribution in [0.3, 0.4) is 0 Å². The molecule has 1 heterocycles. The lowest BCUT2D eigenvalue weighted by Gasteiger charge is -2.16. The third kappa shape index (κ3) is 8.05. The second-order valence-corrected chi connectivity index (χ2v) is 8.46. The number of hydrogen-bond acceptors (Lipinski definition) is 6. The van der Waals surface area contributed by atoms with E-state index in [2.05, 4.69) is 10.6 Å². The van der Waals surface area contributed by atoms with E-state index in [4.69, 9.17) is 5.11 Å². The predicted octanol–water partition coefficient (Wildman–Crippen LogP) is 1.64. The van der Waals surface area contributed by atoms with E-state index < -0.39 is 23.2 Å². The third-order valence-electron chi connectivity index (χ3n) is 4.69. The number of carbonyl (C=O) groups excluding carboxylic acids is 4. The Balaban J connectivity index is 1.68. The Hall–Kier alpha value is -2.88. The van der Waals surface area contributed by atoms with E-state index in [1.54, 1.807) is 0 Å². The van der Waals surface area contributed by atoms with E-state index in [0.29, 0.717) is 25.7 Å². The van der Waals surface area contributed by atoms with E-state index >= 15 is 0 Å². The summed E-state index contributed by atoms with van der Waals surface area (Å²) in [7, 11) is 0. The van der Waals surface area contributed by atoms with Crippen LogP contribution in [0, 0.1) is 0 Å². The van der Waals surface area contributed by atoms with Crippen LogP contribution in [0.2, 0.25) is 0 Å². The molecule has 168 valence electrons. The maximum absolute atomic E-state index is 12.5. The normalized spacial score (nSPS) is 16.8. The fraction of sp³-hybridized carbons (Fsp3) is 0.476. The van der Waals surface area contributed by atoms with Gasteiger partial charge in [0.05, 0.1) is 5.25 Å². The average Bonchev–Trinajstić information content (AvgIpc) is 2.98. The minimum absolute atomic E-state index is 0.00294. The van der Waals surface area contributed by atoms with Crippen molar-refractivity contribution in [2.45, 2.75) is 50.3 Å². The number of benzene rings is 1. The molecule has 2 rings (SSSR count). The van der Waals surface area contributed by atoms with Crippen LogP contribution in [0.1, 0.15) is 39.0 Å². The molecular weight excluding hydrogens is 422 g/mol. The number of unbranched alkanes of at least 4 members (excludes halogenated alkanes) is 2. The summed E-state index contributed by atoms with van der Waals surface area (Å²) in [6.07, 6.45) is 2.31. The lowest BCUT2D eigenvalue weighted by molar-refractivity contribution is -0.141. The Morgan fingerprint density at radius 3 is 2.52 bits per heavy atom. The molecule has 1 aliphatic rings. The summed E-state index contributed by atoms with van der Waals surface area (Å²) in [4.78, 5) is 60.0. The molecule has 1 saturated heterocycles. The van der Waals surface area contributed by atoms with E-state index in [-0.39, 0.29) is 36.4 Å². The first-order valence-corrected chi connectivity index (χ1v) is 11.1. The molecule has 0 saturated carbocycles. The number of aliphatic carboxylic acids is 1. The van der Waals surface area contributed by atoms with Crippen molar-refractivity contribution in [1.82, 2.24) is 10.2 Å². The largest absolute Gasteiger partial charge is 0.480 e. The number of likely N-dealkylation sites (tertiary alicyclic amines) is 1. The number of rotatable bonds is 12. The Labute approximate surface area is 184 Å². The molecule has 10 heteroatoms. The summed E-state index contributed by atoms with van der Waals surface area (Å²) in [5, 5.41) is 13.6. The van der Waals surface area contributed by atoms with Crippen molar-refractivity contribution in [3.8, 4) is 0 Å². The second-order valence-electron chi connectivity index (χ2n) is 7.23. The summed E-state index contributed by atoms with van der Waals surface area (Å²) >= 11 is 1.07. The smallest absolute Gasteiger partial charge is 0.327 e. The number of nitrogens with zero attached hydrogens (tertiary/aromatic N) is 1. The number of amides is 4. The van der Waals surface area contributed by atoms with E-state index in [9.17, 15) is 24.0 Å². The molecule has 1 aromatic rings. The monoisotopic (exact) mass is 449 g/mol. The standard InChI is InChI=1S/C21H27N3O6S/c1-14(25)22-16(21(29)30)13-31-17-12-19(27)24(20(17)28)11-7-3-6-10-18(26)23-15-8-4-2-5-9-15/h2,4-5,8-9,16-17H,3,6-7,10-13H2,1H3,(H,22,25)(H,23,26)(H,29,30). The second kappa shape index (κ2) is 12.1. The minimum Gasteiger partial charge on any atom is -0.480 e. The Morgan fingerprint density at radius 1 is 1.16 bits per heavy atom. The number of hydrogen-bond donors (Lipinski definition) is 3. The molecular formula is C21H27N3O6S. The topological polar surface area (TPSA) is 133 Å². The van der Waals surface area contributed by atoms with Gasteiger partial charge in [0.15, 0.2) is 0 Å². The van der Waals surface area contributed by atoms with Crippen molar-refractivity contribution in [3.05, 3.63) is 30.3 Å². The van der Waals surface area contributed by atoms with Gasteiger partial charge in [-0.05, 0) is 25.0 Å². The molecule has 1 aliphatic heterocycles. The molecule has 0 aromatic heterocycles. The summed E-state index contributed by atoms with van der Waals surface area (Å²) in [5.74, 6) is -2.35. The van der Waals surface area contributed by atoms with Crippen molar-refractivity contribution in [2.75, 3.05) is 17.6 Å². The van der Waals surface area contributed by atoms with Gasteiger partial charge in [-0.2, -0.15) is 0 Å². The summed E-state index contributed by atoms with van der Waals surface area (Å²) in [6.45, 7) is 1.50. The van der Waals surface area contributed by atoms with Gasteiger partial charge in [0, 0.05) is 37.8 Å². The minimum atomic E-state index is -1.19. The van der Waals surface area contributed by atoms with Crippen molar-refractivity contribution < 1.29 is 29.1 Å². The van der Waals surface area contributed by atoms with Crippen LogP contribution in [0.4, 0.5) is 5.69 Å². The highest BCUT2D eigenvalue weighted by Gasteiger charge is 2.39. The third-order valence-corrected chi connectivity index (χ3v) is 5.98. The van der Waals surface area contributed by atoms with Gasteiger partial charge in [0.2, 0.25) is 23.6 Å². The Morgan fingerprint density at radius 2 is 1.87 bits per heavy atom. The number of thioether (sulfide) groups is 1. The zero-order chi connectivity index (χ0) is 22.8. The summed E-state index contributed by atoms with van der Waals surface area (Å²) in [6, 6.07) is 8.06. The van der Waals surface area contributed by atoms with Crippen LogP contribution in [0.5, 0.6) is 0 Å². The first kappa shape index (κ1) is 24.4. The highest BCUT2D eigenvalue weighted by Crippen LogP contribution is 2.26. The lowest BCUT2D eigenvalue weighted by Crippen LogP contribution is -2.42. The molecule has 2 unspecified atom stereocenters. The molecule has 0 bridgehead atoms. The van der Waals surface area contributed by atoms with E-state index in [1.807, 2.05) is 30.3 Å². The molecule has 0 aliphatic carbocycles. The number of carbonyl (C=O) groups is 5. The van der Waals surface area contributed by atoms with Gasteiger partial charge in [-0.1, -0.05) is 24.6 Å². The number of anilines is 1. The lowest BCUT2D eigenvalue weighted by atomic mass is 10.1. The van der Waals surface area contributed by atoms with Crippen molar-refractivity contribution in [3.63, 3.8) is 0 Å². The fourth-order valence-electron chi connectivity index (χ4n) is 3.13. The molecule has 1 fully saturated rings. The zero-order valence-electron chi connectivity index (χ0n) is 17.3. The Bertz CT molecular complexity index is 817. The number of carboxylic acids is 1. The molecule has 4 amide bonds. The van der Waals surface area contributed by atoms with Crippen LogP contribution in [-0.4, -0.2) is 63.2 Å². The number of imide groups is 1. The molecule has 3 N–H and O–H groups in total. The summed E-state index contributed by atoms with van der Waals surface area (Å²) in [5.41, 5.74) is 0.743. The average molecular weight is 450 g/mol. The van der Waals surface area contributed by atoms with Gasteiger partial charge in [-0.25, -0.2) is 4.79 Å². The van der Waals surface area contributed by atoms with Crippen LogP contribution in [0.15, 0.2) is 30.3 Å². The van der Waals surface area contributed by atoms with Crippen molar-refractivity contribution in [2.24, 2.45) is 0 Å². The highest BCUT2D eigenvalue weighted by molar-refractivity contribution is 8.00. The van der Waals surface area contributed by atoms with Crippen molar-refractivity contribution >= 4 is 47.0 Å². The van der Waals surface area contributed by atoms with E-state index in [0.717, 1.165) is 17.4 Å². The van der Waals surface area contributed by atoms with Gasteiger partial charge >= 0.3 is 5.97 Å². The number of para-hydroxylation sites is 1. The van der Waals surface area contributed by atoms with E-state index in [1.165, 1.54) is 11.8 Å². The van der Waals surface area contributed by atoms with Gasteiger partial charge in [0.1, 0.15) is 6.04 Å².